The molecule has 0 radical (unpaired) electrons. The van der Waals surface area contributed by atoms with E-state index < -0.39 is 11.4 Å². The van der Waals surface area contributed by atoms with Crippen molar-refractivity contribution >= 4 is 51.7 Å². The van der Waals surface area contributed by atoms with Crippen LogP contribution in [-0.4, -0.2) is 21.8 Å². The number of nitrogens with one attached hydrogen (secondary N) is 1. The van der Waals surface area contributed by atoms with Crippen LogP contribution < -0.4 is 11.1 Å². The number of pyridine rings is 1. The predicted octanol–water partition coefficient (Wildman–Crippen LogP) is 4.31. The Balaban J connectivity index is 1.85. The van der Waals surface area contributed by atoms with E-state index in [0.717, 1.165) is 17.7 Å². The molecule has 1 atom stereocenters. The lowest BCUT2D eigenvalue weighted by molar-refractivity contribution is 0.102. The summed E-state index contributed by atoms with van der Waals surface area (Å²) in [7, 11) is 0. The van der Waals surface area contributed by atoms with Gasteiger partial charge in [-0.2, -0.15) is 0 Å². The Kier molecular flexibility index (Phi) is 5.22. The second kappa shape index (κ2) is 7.23. The van der Waals surface area contributed by atoms with Gasteiger partial charge in [-0.15, -0.1) is 0 Å². The maximum atomic E-state index is 12.4. The third kappa shape index (κ3) is 4.08. The van der Waals surface area contributed by atoms with Crippen molar-refractivity contribution < 1.29 is 4.79 Å². The van der Waals surface area contributed by atoms with E-state index in [2.05, 4.69) is 15.3 Å². The number of aliphatic imine (C=N–C) groups is 1. The highest BCUT2D eigenvalue weighted by molar-refractivity contribution is 8.13. The second-order valence-electron chi connectivity index (χ2n) is 5.84. The molecule has 25 heavy (non-hydrogen) atoms. The van der Waals surface area contributed by atoms with Crippen LogP contribution in [0.25, 0.3) is 0 Å². The number of halogens is 2. The minimum atomic E-state index is -0.397. The van der Waals surface area contributed by atoms with Crippen molar-refractivity contribution in [3.05, 3.63) is 57.8 Å². The first-order chi connectivity index (χ1) is 11.9. The summed E-state index contributed by atoms with van der Waals surface area (Å²) >= 11 is 13.4. The number of thioether (sulfide) groups is 1. The molecule has 0 saturated carbocycles. The van der Waals surface area contributed by atoms with Gasteiger partial charge in [-0.3, -0.25) is 9.79 Å². The molecule has 1 aromatic heterocycles. The van der Waals surface area contributed by atoms with E-state index in [0.29, 0.717) is 15.9 Å². The van der Waals surface area contributed by atoms with Gasteiger partial charge >= 0.3 is 0 Å². The molecule has 2 aromatic rings. The number of nitrogens with two attached hydrogens (primary N) is 1. The standard InChI is InChI=1S/C17H16Cl2N4OS/c1-17(5-6-25-16(20)23-17)10-3-2-4-12(7-10)22-15(24)14-13(19)8-11(18)9-21-14/h2-4,7-9H,5-6H2,1H3,(H2,20,23)(H,22,24)/t17-/m0/s1. The lowest BCUT2D eigenvalue weighted by Crippen LogP contribution is -2.28. The van der Waals surface area contributed by atoms with Crippen LogP contribution >= 0.6 is 35.0 Å². The van der Waals surface area contributed by atoms with Gasteiger partial charge in [0.1, 0.15) is 5.69 Å². The largest absolute Gasteiger partial charge is 0.379 e. The van der Waals surface area contributed by atoms with E-state index in [1.165, 1.54) is 12.3 Å². The van der Waals surface area contributed by atoms with Crippen LogP contribution in [0.5, 0.6) is 0 Å². The van der Waals surface area contributed by atoms with Crippen LogP contribution in [0.4, 0.5) is 5.69 Å². The van der Waals surface area contributed by atoms with Crippen molar-refractivity contribution in [2.45, 2.75) is 18.9 Å². The molecule has 1 aliphatic heterocycles. The Morgan fingerprint density at radius 2 is 2.16 bits per heavy atom. The average molecular weight is 395 g/mol. The van der Waals surface area contributed by atoms with Gasteiger partial charge in [0, 0.05) is 17.6 Å². The molecule has 130 valence electrons. The number of amidine groups is 1. The average Bonchev–Trinajstić information content (AvgIpc) is 2.54. The number of rotatable bonds is 3. The molecule has 0 spiro atoms. The Morgan fingerprint density at radius 3 is 2.88 bits per heavy atom. The monoisotopic (exact) mass is 394 g/mol. The number of aromatic nitrogens is 1. The lowest BCUT2D eigenvalue weighted by Gasteiger charge is -2.30. The first-order valence-corrected chi connectivity index (χ1v) is 9.33. The molecular weight excluding hydrogens is 379 g/mol. The minimum Gasteiger partial charge on any atom is -0.379 e. The molecule has 1 aliphatic rings. The number of benzene rings is 1. The number of carbonyl (C=O) groups excluding carboxylic acids is 1. The summed E-state index contributed by atoms with van der Waals surface area (Å²) in [6.45, 7) is 2.04. The molecular formula is C17H16Cl2N4OS. The number of amides is 1. The number of anilines is 1. The van der Waals surface area contributed by atoms with Crippen LogP contribution in [0.2, 0.25) is 10.0 Å². The van der Waals surface area contributed by atoms with Crippen LogP contribution in [0.1, 0.15) is 29.4 Å². The van der Waals surface area contributed by atoms with Crippen molar-refractivity contribution in [3.8, 4) is 0 Å². The maximum Gasteiger partial charge on any atom is 0.275 e. The molecule has 5 nitrogen and oxygen atoms in total. The number of carbonyl (C=O) groups is 1. The van der Waals surface area contributed by atoms with Crippen LogP contribution in [0.3, 0.4) is 0 Å². The molecule has 2 heterocycles. The zero-order valence-corrected chi connectivity index (χ0v) is 15.8. The summed E-state index contributed by atoms with van der Waals surface area (Å²) in [4.78, 5) is 21.0. The highest BCUT2D eigenvalue weighted by Gasteiger charge is 2.29. The molecule has 0 saturated heterocycles. The number of nitrogens with zero attached hydrogens (tertiary/aromatic N) is 2. The van der Waals surface area contributed by atoms with Crippen LogP contribution in [-0.2, 0) is 5.54 Å². The van der Waals surface area contributed by atoms with Gasteiger partial charge in [-0.05, 0) is 37.1 Å². The Bertz CT molecular complexity index is 858. The molecule has 8 heteroatoms. The first-order valence-electron chi connectivity index (χ1n) is 7.58. The zero-order chi connectivity index (χ0) is 18.0. The summed E-state index contributed by atoms with van der Waals surface area (Å²) in [5.74, 6) is 0.512. The van der Waals surface area contributed by atoms with E-state index in [1.807, 2.05) is 25.1 Å². The molecule has 3 rings (SSSR count). The molecule has 1 amide bonds. The van der Waals surface area contributed by atoms with E-state index in [9.17, 15) is 4.79 Å². The zero-order valence-electron chi connectivity index (χ0n) is 13.4. The topological polar surface area (TPSA) is 80.4 Å². The summed E-state index contributed by atoms with van der Waals surface area (Å²) in [5, 5.41) is 3.98. The maximum absolute atomic E-state index is 12.4. The summed E-state index contributed by atoms with van der Waals surface area (Å²) < 4.78 is 0. The summed E-state index contributed by atoms with van der Waals surface area (Å²) in [6, 6.07) is 9.05. The SMILES string of the molecule is C[C@@]1(c2cccc(NC(=O)c3ncc(Cl)cc3Cl)c2)CCSC(N)=N1. The third-order valence-electron chi connectivity index (χ3n) is 3.96. The van der Waals surface area contributed by atoms with E-state index in [1.54, 1.807) is 17.8 Å². The Hall–Kier alpha value is -1.76. The molecule has 0 fully saturated rings. The van der Waals surface area contributed by atoms with E-state index in [4.69, 9.17) is 28.9 Å². The number of hydrogen-bond acceptors (Lipinski definition) is 5. The van der Waals surface area contributed by atoms with Crippen LogP contribution in [0.15, 0.2) is 41.5 Å². The van der Waals surface area contributed by atoms with Crippen molar-refractivity contribution in [1.82, 2.24) is 4.98 Å². The van der Waals surface area contributed by atoms with Gasteiger partial charge in [0.05, 0.1) is 15.6 Å². The summed E-state index contributed by atoms with van der Waals surface area (Å²) in [6.07, 6.45) is 2.26. The lowest BCUT2D eigenvalue weighted by atomic mass is 9.89. The van der Waals surface area contributed by atoms with Crippen molar-refractivity contribution in [2.75, 3.05) is 11.1 Å². The van der Waals surface area contributed by atoms with Gasteiger partial charge in [0.2, 0.25) is 0 Å². The fraction of sp³-hybridized carbons (Fsp3) is 0.235. The molecule has 1 aromatic carbocycles. The Morgan fingerprint density at radius 1 is 1.36 bits per heavy atom. The fourth-order valence-electron chi connectivity index (χ4n) is 2.60. The predicted molar refractivity (Wildman–Crippen MR) is 105 cm³/mol. The van der Waals surface area contributed by atoms with E-state index in [-0.39, 0.29) is 10.7 Å². The molecule has 0 unspecified atom stereocenters. The Labute approximate surface area is 160 Å². The molecule has 0 bridgehead atoms. The number of hydrogen-bond donors (Lipinski definition) is 2. The molecule has 3 N–H and O–H groups in total. The van der Waals surface area contributed by atoms with Crippen LogP contribution in [0, 0.1) is 0 Å². The first kappa shape index (κ1) is 18.0. The minimum absolute atomic E-state index is 0.124. The second-order valence-corrected chi connectivity index (χ2v) is 7.80. The van der Waals surface area contributed by atoms with Crippen molar-refractivity contribution in [2.24, 2.45) is 10.7 Å². The van der Waals surface area contributed by atoms with Gasteiger partial charge < -0.3 is 11.1 Å². The van der Waals surface area contributed by atoms with E-state index >= 15 is 0 Å². The smallest absolute Gasteiger partial charge is 0.275 e. The normalized spacial score (nSPS) is 20.0. The van der Waals surface area contributed by atoms with Gasteiger partial charge in [0.25, 0.3) is 5.91 Å². The van der Waals surface area contributed by atoms with Gasteiger partial charge in [-0.1, -0.05) is 47.1 Å². The fourth-order valence-corrected chi connectivity index (χ4v) is 4.04. The third-order valence-corrected chi connectivity index (χ3v) is 5.25. The highest BCUT2D eigenvalue weighted by atomic mass is 35.5. The summed E-state index contributed by atoms with van der Waals surface area (Å²) in [5.41, 5.74) is 7.24. The quantitative estimate of drug-likeness (QED) is 0.812. The van der Waals surface area contributed by atoms with Crippen molar-refractivity contribution in [3.63, 3.8) is 0 Å². The molecule has 0 aliphatic carbocycles. The van der Waals surface area contributed by atoms with Gasteiger partial charge in [-0.25, -0.2) is 4.98 Å². The van der Waals surface area contributed by atoms with Gasteiger partial charge in [0.15, 0.2) is 5.17 Å². The van der Waals surface area contributed by atoms with Crippen molar-refractivity contribution in [1.29, 1.82) is 0 Å². The highest BCUT2D eigenvalue weighted by Crippen LogP contribution is 2.36.